The number of hydrogen-bond acceptors (Lipinski definition) is 7. The standard InChI is InChI=1S/C26H33F2N5O2/c1-6-24(30)32-14-19-11-20(15-31-13-19)18(3)33-25(34-5)23(12-29)17(2)16-35-22-9-7-21(8-10-22)26(4,27)28/h7-13,15,24,29,32H,3,6,14,16,30H2,1-2,4-5H3/b23-17-,29-12?,33-25?. The van der Waals surface area contributed by atoms with E-state index in [-0.39, 0.29) is 24.2 Å². The summed E-state index contributed by atoms with van der Waals surface area (Å²) in [7, 11) is 1.46. The molecule has 0 fully saturated rings. The zero-order valence-electron chi connectivity index (χ0n) is 20.6. The summed E-state index contributed by atoms with van der Waals surface area (Å²) in [6.07, 6.45) is 5.22. The highest BCUT2D eigenvalue weighted by Gasteiger charge is 2.23. The van der Waals surface area contributed by atoms with Crippen molar-refractivity contribution < 1.29 is 18.3 Å². The van der Waals surface area contributed by atoms with Crippen molar-refractivity contribution in [1.29, 1.82) is 5.41 Å². The van der Waals surface area contributed by atoms with Crippen molar-refractivity contribution in [2.24, 2.45) is 10.7 Å². The molecule has 0 saturated heterocycles. The van der Waals surface area contributed by atoms with Gasteiger partial charge in [0.15, 0.2) is 0 Å². The minimum absolute atomic E-state index is 0.0906. The molecule has 2 rings (SSSR count). The molecule has 9 heteroatoms. The lowest BCUT2D eigenvalue weighted by Gasteiger charge is -2.14. The Morgan fingerprint density at radius 1 is 1.31 bits per heavy atom. The molecule has 2 aromatic rings. The number of aromatic nitrogens is 1. The van der Waals surface area contributed by atoms with Gasteiger partial charge in [-0.25, -0.2) is 13.8 Å². The highest BCUT2D eigenvalue weighted by molar-refractivity contribution is 6.13. The van der Waals surface area contributed by atoms with Gasteiger partial charge in [0.25, 0.3) is 5.92 Å². The summed E-state index contributed by atoms with van der Waals surface area (Å²) >= 11 is 0. The van der Waals surface area contributed by atoms with Crippen molar-refractivity contribution in [2.45, 2.75) is 45.8 Å². The van der Waals surface area contributed by atoms with E-state index in [2.05, 4.69) is 21.9 Å². The van der Waals surface area contributed by atoms with Crippen LogP contribution in [0.4, 0.5) is 8.78 Å². The number of ether oxygens (including phenoxy) is 2. The lowest BCUT2D eigenvalue weighted by Crippen LogP contribution is -2.35. The fourth-order valence-electron chi connectivity index (χ4n) is 3.02. The van der Waals surface area contributed by atoms with Gasteiger partial charge in [-0.15, -0.1) is 0 Å². The van der Waals surface area contributed by atoms with Gasteiger partial charge in [-0.1, -0.05) is 13.5 Å². The van der Waals surface area contributed by atoms with Crippen molar-refractivity contribution >= 4 is 17.8 Å². The molecule has 4 N–H and O–H groups in total. The molecule has 1 heterocycles. The molecule has 0 aliphatic carbocycles. The molecule has 7 nitrogen and oxygen atoms in total. The maximum atomic E-state index is 13.4. The summed E-state index contributed by atoms with van der Waals surface area (Å²) in [6, 6.07) is 7.53. The maximum absolute atomic E-state index is 13.4. The average Bonchev–Trinajstić information content (AvgIpc) is 2.85. The Hall–Kier alpha value is -3.43. The number of pyridine rings is 1. The molecule has 1 unspecified atom stereocenters. The first-order valence-electron chi connectivity index (χ1n) is 11.2. The molecule has 0 amide bonds. The highest BCUT2D eigenvalue weighted by atomic mass is 19.3. The number of nitrogens with zero attached hydrogens (tertiary/aromatic N) is 2. The van der Waals surface area contributed by atoms with E-state index in [0.29, 0.717) is 34.7 Å². The molecule has 1 aromatic carbocycles. The maximum Gasteiger partial charge on any atom is 0.270 e. The van der Waals surface area contributed by atoms with Crippen molar-refractivity contribution in [1.82, 2.24) is 10.3 Å². The second-order valence-corrected chi connectivity index (χ2v) is 8.09. The summed E-state index contributed by atoms with van der Waals surface area (Å²) in [6.45, 7) is 9.31. The van der Waals surface area contributed by atoms with Crippen LogP contribution < -0.4 is 15.8 Å². The third kappa shape index (κ3) is 8.38. The predicted molar refractivity (Wildman–Crippen MR) is 136 cm³/mol. The first-order chi connectivity index (χ1) is 16.6. The number of aliphatic imine (C=N–C) groups is 1. The fourth-order valence-corrected chi connectivity index (χ4v) is 3.02. The van der Waals surface area contributed by atoms with Crippen molar-refractivity contribution in [3.05, 3.63) is 77.1 Å². The van der Waals surface area contributed by atoms with E-state index in [1.54, 1.807) is 19.3 Å². The first kappa shape index (κ1) is 27.8. The van der Waals surface area contributed by atoms with E-state index in [4.69, 9.17) is 20.6 Å². The second-order valence-electron chi connectivity index (χ2n) is 8.09. The van der Waals surface area contributed by atoms with Crippen LogP contribution in [0.5, 0.6) is 5.75 Å². The minimum Gasteiger partial charge on any atom is -0.489 e. The zero-order chi connectivity index (χ0) is 26.0. The number of methoxy groups -OCH3 is 1. The summed E-state index contributed by atoms with van der Waals surface area (Å²) in [5, 5.41) is 11.1. The second kappa shape index (κ2) is 12.9. The van der Waals surface area contributed by atoms with Crippen LogP contribution in [0.1, 0.15) is 43.9 Å². The molecule has 188 valence electrons. The van der Waals surface area contributed by atoms with Crippen LogP contribution in [-0.2, 0) is 17.2 Å². The number of alkyl halides is 2. The summed E-state index contributed by atoms with van der Waals surface area (Å²) in [4.78, 5) is 8.72. The van der Waals surface area contributed by atoms with E-state index in [0.717, 1.165) is 25.1 Å². The zero-order valence-corrected chi connectivity index (χ0v) is 20.6. The van der Waals surface area contributed by atoms with Gasteiger partial charge in [0.2, 0.25) is 5.90 Å². The van der Waals surface area contributed by atoms with Crippen molar-refractivity contribution in [3.8, 4) is 5.75 Å². The predicted octanol–water partition coefficient (Wildman–Crippen LogP) is 5.04. The summed E-state index contributed by atoms with van der Waals surface area (Å²) in [5.74, 6) is -2.29. The molecule has 0 aliphatic rings. The Balaban J connectivity index is 2.16. The van der Waals surface area contributed by atoms with E-state index in [9.17, 15) is 8.78 Å². The van der Waals surface area contributed by atoms with Gasteiger partial charge in [0.05, 0.1) is 24.5 Å². The van der Waals surface area contributed by atoms with Gasteiger partial charge in [-0.05, 0) is 54.8 Å². The Bertz CT molecular complexity index is 1080. The van der Waals surface area contributed by atoms with Gasteiger partial charge >= 0.3 is 0 Å². The van der Waals surface area contributed by atoms with E-state index in [1.807, 2.05) is 13.0 Å². The Morgan fingerprint density at radius 3 is 2.57 bits per heavy atom. The number of hydrogen-bond donors (Lipinski definition) is 3. The number of halogens is 2. The average molecular weight is 486 g/mol. The monoisotopic (exact) mass is 485 g/mol. The van der Waals surface area contributed by atoms with E-state index < -0.39 is 5.92 Å². The first-order valence-corrected chi connectivity index (χ1v) is 11.2. The van der Waals surface area contributed by atoms with Crippen LogP contribution in [0.25, 0.3) is 5.70 Å². The molecule has 0 radical (unpaired) electrons. The smallest absolute Gasteiger partial charge is 0.270 e. The number of nitrogens with two attached hydrogens (primary N) is 1. The van der Waals surface area contributed by atoms with Crippen molar-refractivity contribution in [2.75, 3.05) is 13.7 Å². The van der Waals surface area contributed by atoms with E-state index in [1.165, 1.54) is 31.4 Å². The molecule has 1 atom stereocenters. The third-order valence-corrected chi connectivity index (χ3v) is 5.22. The Morgan fingerprint density at radius 2 is 2.00 bits per heavy atom. The number of benzene rings is 1. The summed E-state index contributed by atoms with van der Waals surface area (Å²) < 4.78 is 37.9. The molecule has 35 heavy (non-hydrogen) atoms. The van der Waals surface area contributed by atoms with Crippen LogP contribution in [0.3, 0.4) is 0 Å². The lowest BCUT2D eigenvalue weighted by atomic mass is 10.1. The van der Waals surface area contributed by atoms with Gasteiger partial charge < -0.3 is 20.6 Å². The lowest BCUT2D eigenvalue weighted by molar-refractivity contribution is 0.0174. The van der Waals surface area contributed by atoms with Crippen LogP contribution >= 0.6 is 0 Å². The minimum atomic E-state index is -2.91. The van der Waals surface area contributed by atoms with Gasteiger partial charge in [-0.2, -0.15) is 0 Å². The SMILES string of the molecule is C=C(N=C(OC)/C(C=N)=C(/C)COc1ccc(C(C)(F)F)cc1)c1cncc(CNC(N)CC)c1. The molecular formula is C26H33F2N5O2. The Kier molecular flexibility index (Phi) is 10.2. The Labute approximate surface area is 205 Å². The molecule has 0 bridgehead atoms. The van der Waals surface area contributed by atoms with Crippen LogP contribution in [0.15, 0.2) is 65.4 Å². The van der Waals surface area contributed by atoms with Crippen LogP contribution in [0, 0.1) is 5.41 Å². The fraction of sp³-hybridized carbons (Fsp3) is 0.346. The highest BCUT2D eigenvalue weighted by Crippen LogP contribution is 2.28. The van der Waals surface area contributed by atoms with Gasteiger partial charge in [0.1, 0.15) is 12.4 Å². The van der Waals surface area contributed by atoms with Gasteiger partial charge in [0, 0.05) is 43.2 Å². The molecular weight excluding hydrogens is 452 g/mol. The molecule has 1 aromatic heterocycles. The van der Waals surface area contributed by atoms with Gasteiger partial charge in [-0.3, -0.25) is 10.3 Å². The van der Waals surface area contributed by atoms with E-state index >= 15 is 0 Å². The summed E-state index contributed by atoms with van der Waals surface area (Å²) in [5.41, 5.74) is 8.96. The molecule has 0 aliphatic heterocycles. The number of rotatable bonds is 12. The van der Waals surface area contributed by atoms with Crippen LogP contribution in [-0.4, -0.2) is 37.0 Å². The topological polar surface area (TPSA) is 106 Å². The van der Waals surface area contributed by atoms with Crippen LogP contribution in [0.2, 0.25) is 0 Å². The third-order valence-electron chi connectivity index (χ3n) is 5.22. The molecule has 0 spiro atoms. The van der Waals surface area contributed by atoms with Crippen molar-refractivity contribution in [3.63, 3.8) is 0 Å². The molecule has 0 saturated carbocycles. The quantitative estimate of drug-likeness (QED) is 0.222. The number of nitrogens with one attached hydrogen (secondary N) is 2. The normalized spacial score (nSPS) is 13.6. The largest absolute Gasteiger partial charge is 0.489 e.